The van der Waals surface area contributed by atoms with E-state index in [1.807, 2.05) is 54.6 Å². The Morgan fingerprint density at radius 1 is 0.795 bits per heavy atom. The molecule has 0 unspecified atom stereocenters. The second-order valence-electron chi connectivity index (χ2n) is 8.70. The highest BCUT2D eigenvalue weighted by atomic mass is 32.2. The molecule has 2 heterocycles. The van der Waals surface area contributed by atoms with E-state index in [-0.39, 0.29) is 10.8 Å². The number of H-pyrrole nitrogens is 1. The Hall–Kier alpha value is -5.29. The van der Waals surface area contributed by atoms with Crippen molar-refractivity contribution in [2.75, 3.05) is 15.4 Å². The van der Waals surface area contributed by atoms with Crippen LogP contribution >= 0.6 is 0 Å². The monoisotopic (exact) mass is 535 g/mol. The molecule has 0 saturated carbocycles. The first kappa shape index (κ1) is 24.1. The summed E-state index contributed by atoms with van der Waals surface area (Å²) >= 11 is 0. The first-order valence-corrected chi connectivity index (χ1v) is 13.4. The van der Waals surface area contributed by atoms with Crippen LogP contribution < -0.4 is 15.4 Å². The molecule has 4 aromatic carbocycles. The van der Waals surface area contributed by atoms with Crippen molar-refractivity contribution in [3.63, 3.8) is 0 Å². The Labute approximate surface area is 223 Å². The molecule has 0 saturated heterocycles. The number of tetrazole rings is 1. The van der Waals surface area contributed by atoms with E-state index in [1.54, 1.807) is 36.4 Å². The molecule has 11 heteroatoms. The first-order valence-electron chi connectivity index (χ1n) is 11.9. The summed E-state index contributed by atoms with van der Waals surface area (Å²) in [5.74, 6) is 0.191. The number of aromatic nitrogens is 4. The summed E-state index contributed by atoms with van der Waals surface area (Å²) in [5, 5.41) is 20.1. The lowest BCUT2D eigenvalue weighted by molar-refractivity contribution is -0.110. The van der Waals surface area contributed by atoms with E-state index in [4.69, 9.17) is 0 Å². The third kappa shape index (κ3) is 4.86. The molecule has 1 aliphatic rings. The number of aromatic amines is 1. The highest BCUT2D eigenvalue weighted by Crippen LogP contribution is 2.39. The van der Waals surface area contributed by atoms with Crippen LogP contribution in [-0.4, -0.2) is 34.9 Å². The number of benzene rings is 4. The molecule has 1 aliphatic heterocycles. The van der Waals surface area contributed by atoms with Crippen molar-refractivity contribution in [3.8, 4) is 11.4 Å². The highest BCUT2D eigenvalue weighted by Gasteiger charge is 2.30. The Kier molecular flexibility index (Phi) is 6.10. The first-order chi connectivity index (χ1) is 19.0. The number of hydrogen-bond donors (Lipinski definition) is 4. The lowest BCUT2D eigenvalue weighted by Gasteiger charge is -2.15. The molecule has 0 radical (unpaired) electrons. The molecule has 1 amide bonds. The highest BCUT2D eigenvalue weighted by molar-refractivity contribution is 7.92. The van der Waals surface area contributed by atoms with Crippen LogP contribution in [0.4, 0.5) is 17.1 Å². The summed E-state index contributed by atoms with van der Waals surface area (Å²) < 4.78 is 29.0. The zero-order valence-electron chi connectivity index (χ0n) is 20.3. The Bertz CT molecular complexity index is 1790. The molecule has 0 atom stereocenters. The number of anilines is 3. The van der Waals surface area contributed by atoms with Crippen LogP contribution in [0.5, 0.6) is 0 Å². The molecule has 4 N–H and O–H groups in total. The van der Waals surface area contributed by atoms with Crippen molar-refractivity contribution in [2.24, 2.45) is 0 Å². The fourth-order valence-corrected chi connectivity index (χ4v) is 5.39. The van der Waals surface area contributed by atoms with E-state index < -0.39 is 10.0 Å². The van der Waals surface area contributed by atoms with Gasteiger partial charge in [-0.15, -0.1) is 5.10 Å². The van der Waals surface area contributed by atoms with Crippen molar-refractivity contribution < 1.29 is 13.2 Å². The molecule has 0 fully saturated rings. The number of sulfonamides is 1. The molecule has 39 heavy (non-hydrogen) atoms. The quantitative estimate of drug-likeness (QED) is 0.223. The fourth-order valence-electron chi connectivity index (χ4n) is 4.30. The maximum atomic E-state index is 13.3. The predicted octanol–water partition coefficient (Wildman–Crippen LogP) is 4.60. The minimum absolute atomic E-state index is 0.0385. The number of para-hydroxylation sites is 1. The normalized spacial score (nSPS) is 13.9. The lowest BCUT2D eigenvalue weighted by Crippen LogP contribution is -2.13. The van der Waals surface area contributed by atoms with Crippen molar-refractivity contribution in [1.82, 2.24) is 20.6 Å². The molecule has 0 spiro atoms. The van der Waals surface area contributed by atoms with Crippen molar-refractivity contribution in [3.05, 3.63) is 114 Å². The van der Waals surface area contributed by atoms with E-state index in [2.05, 4.69) is 36.0 Å². The summed E-state index contributed by atoms with van der Waals surface area (Å²) in [4.78, 5) is 13.3. The summed E-state index contributed by atoms with van der Waals surface area (Å²) in [5.41, 5.74) is 4.58. The molecular weight excluding hydrogens is 514 g/mol. The average molecular weight is 536 g/mol. The second-order valence-corrected chi connectivity index (χ2v) is 10.4. The van der Waals surface area contributed by atoms with Crippen LogP contribution in [0.3, 0.4) is 0 Å². The number of nitrogens with zero attached hydrogens (tertiary/aromatic N) is 3. The third-order valence-corrected chi connectivity index (χ3v) is 7.54. The average Bonchev–Trinajstić information content (AvgIpc) is 3.60. The van der Waals surface area contributed by atoms with Crippen LogP contribution in [-0.2, 0) is 14.8 Å². The predicted molar refractivity (Wildman–Crippen MR) is 149 cm³/mol. The van der Waals surface area contributed by atoms with Gasteiger partial charge in [-0.25, -0.2) is 13.5 Å². The summed E-state index contributed by atoms with van der Waals surface area (Å²) in [6.45, 7) is 0. The molecule has 5 aromatic rings. The van der Waals surface area contributed by atoms with Crippen molar-refractivity contribution in [1.29, 1.82) is 0 Å². The largest absolute Gasteiger partial charge is 0.354 e. The number of hydrogen-bond acceptors (Lipinski definition) is 7. The molecule has 6 rings (SSSR count). The zero-order chi connectivity index (χ0) is 26.8. The van der Waals surface area contributed by atoms with Gasteiger partial charge < -0.3 is 10.6 Å². The van der Waals surface area contributed by atoms with Gasteiger partial charge in [0.2, 0.25) is 0 Å². The van der Waals surface area contributed by atoms with Crippen molar-refractivity contribution >= 4 is 44.3 Å². The number of amides is 1. The minimum atomic E-state index is -3.90. The second kappa shape index (κ2) is 9.88. The standard InChI is InChI=1S/C28H21N7O3S/c36-28-25(23-17-22(15-16-24(23)30-28)39(37,38)33-21-9-5-2-6-10-21)26(18-7-3-1-4-8-18)29-20-13-11-19(12-14-20)27-31-34-35-32-27/h1-17,29,33H,(H,30,36)(H,31,32,34,35)/b26-25-. The lowest BCUT2D eigenvalue weighted by atomic mass is 10.00. The van der Waals surface area contributed by atoms with E-state index in [1.165, 1.54) is 12.1 Å². The van der Waals surface area contributed by atoms with Crippen LogP contribution in [0.25, 0.3) is 22.7 Å². The van der Waals surface area contributed by atoms with Crippen LogP contribution in [0.15, 0.2) is 108 Å². The maximum absolute atomic E-state index is 13.3. The smallest absolute Gasteiger partial charge is 0.261 e. The summed E-state index contributed by atoms with van der Waals surface area (Å²) in [6.07, 6.45) is 0. The number of carbonyl (C=O) groups is 1. The van der Waals surface area contributed by atoms with Gasteiger partial charge in [-0.05, 0) is 70.6 Å². The van der Waals surface area contributed by atoms with Gasteiger partial charge in [0, 0.05) is 28.2 Å². The summed E-state index contributed by atoms with van der Waals surface area (Å²) in [7, 11) is -3.90. The molecule has 0 bridgehead atoms. The Balaban J connectivity index is 1.42. The topological polar surface area (TPSA) is 142 Å². The number of rotatable bonds is 7. The van der Waals surface area contributed by atoms with Crippen molar-refractivity contribution in [2.45, 2.75) is 4.90 Å². The fraction of sp³-hybridized carbons (Fsp3) is 0. The van der Waals surface area contributed by atoms with Crippen LogP contribution in [0, 0.1) is 0 Å². The Morgan fingerprint density at radius 2 is 1.51 bits per heavy atom. The SMILES string of the molecule is O=C1Nc2ccc(S(=O)(=O)Nc3ccccc3)cc2/C1=C(/Nc1ccc(-c2nnn[nH]2)cc1)c1ccccc1. The van der Waals surface area contributed by atoms with Gasteiger partial charge in [-0.2, -0.15) is 0 Å². The number of fused-ring (bicyclic) bond motifs is 1. The molecule has 0 aliphatic carbocycles. The molecule has 1 aromatic heterocycles. The van der Waals surface area contributed by atoms with Crippen LogP contribution in [0.2, 0.25) is 0 Å². The van der Waals surface area contributed by atoms with E-state index in [9.17, 15) is 13.2 Å². The van der Waals surface area contributed by atoms with E-state index >= 15 is 0 Å². The number of nitrogens with one attached hydrogen (secondary N) is 4. The van der Waals surface area contributed by atoms with Gasteiger partial charge in [0.25, 0.3) is 15.9 Å². The molecule has 10 nitrogen and oxygen atoms in total. The zero-order valence-corrected chi connectivity index (χ0v) is 21.1. The van der Waals surface area contributed by atoms with Gasteiger partial charge in [-0.1, -0.05) is 48.5 Å². The van der Waals surface area contributed by atoms with Gasteiger partial charge in [0.15, 0.2) is 5.82 Å². The molecular formula is C28H21N7O3S. The maximum Gasteiger partial charge on any atom is 0.261 e. The van der Waals surface area contributed by atoms with Gasteiger partial charge >= 0.3 is 0 Å². The van der Waals surface area contributed by atoms with E-state index in [0.717, 1.165) is 11.1 Å². The van der Waals surface area contributed by atoms with E-state index in [0.29, 0.717) is 39.7 Å². The number of carbonyl (C=O) groups excluding carboxylic acids is 1. The van der Waals surface area contributed by atoms with Gasteiger partial charge in [-0.3, -0.25) is 9.52 Å². The molecule has 192 valence electrons. The van der Waals surface area contributed by atoms with Gasteiger partial charge in [0.1, 0.15) is 0 Å². The summed E-state index contributed by atoms with van der Waals surface area (Å²) in [6, 6.07) is 30.0. The third-order valence-electron chi connectivity index (χ3n) is 6.16. The van der Waals surface area contributed by atoms with Gasteiger partial charge in [0.05, 0.1) is 16.2 Å². The van der Waals surface area contributed by atoms with Crippen LogP contribution in [0.1, 0.15) is 11.1 Å². The Morgan fingerprint density at radius 3 is 2.21 bits per heavy atom. The minimum Gasteiger partial charge on any atom is -0.354 e.